The fourth-order valence-electron chi connectivity index (χ4n) is 2.34. The third-order valence-corrected chi connectivity index (χ3v) is 4.69. The van der Waals surface area contributed by atoms with Gasteiger partial charge in [-0.2, -0.15) is 13.2 Å². The van der Waals surface area contributed by atoms with Crippen LogP contribution in [0.3, 0.4) is 0 Å². The highest BCUT2D eigenvalue weighted by atomic mass is 32.2. The molecule has 1 aliphatic rings. The number of nitrogens with zero attached hydrogens (tertiary/aromatic N) is 2. The lowest BCUT2D eigenvalue weighted by Crippen LogP contribution is -2.33. The number of amidine groups is 1. The van der Waals surface area contributed by atoms with Gasteiger partial charge in [-0.15, -0.1) is 0 Å². The van der Waals surface area contributed by atoms with Gasteiger partial charge < -0.3 is 5.32 Å². The molecule has 1 aromatic carbocycles. The van der Waals surface area contributed by atoms with Gasteiger partial charge in [0.05, 0.1) is 5.56 Å². The summed E-state index contributed by atoms with van der Waals surface area (Å²) in [6.45, 7) is 4.64. The van der Waals surface area contributed by atoms with Gasteiger partial charge in [0, 0.05) is 25.2 Å². The van der Waals surface area contributed by atoms with E-state index in [1.54, 1.807) is 0 Å². The molecule has 1 aromatic rings. The van der Waals surface area contributed by atoms with Crippen LogP contribution in [0.4, 0.5) is 18.9 Å². The molecular formula is C16H18F3N3O2S. The second-order valence-corrected chi connectivity index (χ2v) is 6.45. The lowest BCUT2D eigenvalue weighted by Gasteiger charge is -2.13. The van der Waals surface area contributed by atoms with Crippen LogP contribution in [-0.4, -0.2) is 40.2 Å². The Bertz CT molecular complexity index is 691. The van der Waals surface area contributed by atoms with Gasteiger partial charge in [-0.25, -0.2) is 0 Å². The first-order chi connectivity index (χ1) is 11.8. The summed E-state index contributed by atoms with van der Waals surface area (Å²) in [4.78, 5) is 30.2. The Hall–Kier alpha value is -2.03. The quantitative estimate of drug-likeness (QED) is 0.861. The Labute approximate surface area is 147 Å². The molecule has 5 nitrogen and oxygen atoms in total. The molecule has 0 aromatic heterocycles. The van der Waals surface area contributed by atoms with Crippen LogP contribution in [0.5, 0.6) is 0 Å². The van der Waals surface area contributed by atoms with Gasteiger partial charge in [0.15, 0.2) is 5.17 Å². The fourth-order valence-corrected chi connectivity index (χ4v) is 3.61. The van der Waals surface area contributed by atoms with E-state index in [4.69, 9.17) is 0 Å². The van der Waals surface area contributed by atoms with Gasteiger partial charge in [-0.05, 0) is 32.0 Å². The average Bonchev–Trinajstić information content (AvgIpc) is 2.82. The van der Waals surface area contributed by atoms with Crippen LogP contribution in [0.1, 0.15) is 25.8 Å². The smallest absolute Gasteiger partial charge is 0.326 e. The van der Waals surface area contributed by atoms with Crippen molar-refractivity contribution in [1.82, 2.24) is 4.90 Å². The number of halogens is 3. The highest BCUT2D eigenvalue weighted by Gasteiger charge is 2.38. The molecule has 1 heterocycles. The summed E-state index contributed by atoms with van der Waals surface area (Å²) in [5.41, 5.74) is -0.795. The maximum atomic E-state index is 12.7. The van der Waals surface area contributed by atoms with Crippen molar-refractivity contribution < 1.29 is 22.8 Å². The minimum Gasteiger partial charge on any atom is -0.326 e. The summed E-state index contributed by atoms with van der Waals surface area (Å²) in [6, 6.07) is 4.39. The van der Waals surface area contributed by atoms with Crippen molar-refractivity contribution >= 4 is 34.4 Å². The van der Waals surface area contributed by atoms with Crippen LogP contribution in [0.2, 0.25) is 0 Å². The Morgan fingerprint density at radius 2 is 2.08 bits per heavy atom. The van der Waals surface area contributed by atoms with E-state index in [-0.39, 0.29) is 18.0 Å². The number of hydrogen-bond donors (Lipinski definition) is 1. The highest BCUT2D eigenvalue weighted by molar-refractivity contribution is 8.15. The standard InChI is InChI=1S/C16H18F3N3O2S/c1-3-20-15-22(4-2)14(24)12(25-15)9-13(23)21-11-7-5-6-10(8-11)16(17,18)19/h5-8,12H,3-4,9H2,1-2H3,(H,21,23). The molecule has 0 radical (unpaired) electrons. The summed E-state index contributed by atoms with van der Waals surface area (Å²) in [6.07, 6.45) is -4.61. The number of carbonyl (C=O) groups excluding carboxylic acids is 2. The minimum atomic E-state index is -4.48. The topological polar surface area (TPSA) is 61.8 Å². The van der Waals surface area contributed by atoms with Crippen molar-refractivity contribution in [3.8, 4) is 0 Å². The van der Waals surface area contributed by atoms with Crippen LogP contribution in [0, 0.1) is 0 Å². The van der Waals surface area contributed by atoms with Crippen LogP contribution in [-0.2, 0) is 15.8 Å². The number of carbonyl (C=O) groups is 2. The summed E-state index contributed by atoms with van der Waals surface area (Å²) in [7, 11) is 0. The number of nitrogens with one attached hydrogen (secondary N) is 1. The van der Waals surface area contributed by atoms with Gasteiger partial charge in [-0.1, -0.05) is 17.8 Å². The monoisotopic (exact) mass is 373 g/mol. The molecule has 0 saturated carbocycles. The predicted octanol–water partition coefficient (Wildman–Crippen LogP) is 3.37. The Morgan fingerprint density at radius 3 is 2.68 bits per heavy atom. The molecule has 1 fully saturated rings. The number of rotatable bonds is 5. The van der Waals surface area contributed by atoms with E-state index in [9.17, 15) is 22.8 Å². The van der Waals surface area contributed by atoms with Gasteiger partial charge in [0.25, 0.3) is 0 Å². The van der Waals surface area contributed by atoms with E-state index in [1.807, 2.05) is 13.8 Å². The summed E-state index contributed by atoms with van der Waals surface area (Å²) < 4.78 is 38.1. The maximum absolute atomic E-state index is 12.7. The maximum Gasteiger partial charge on any atom is 0.416 e. The largest absolute Gasteiger partial charge is 0.416 e. The Kier molecular flexibility index (Phi) is 6.10. The zero-order valence-electron chi connectivity index (χ0n) is 13.8. The van der Waals surface area contributed by atoms with E-state index >= 15 is 0 Å². The molecule has 1 saturated heterocycles. The van der Waals surface area contributed by atoms with Gasteiger partial charge >= 0.3 is 6.18 Å². The molecule has 0 spiro atoms. The lowest BCUT2D eigenvalue weighted by atomic mass is 10.2. The second-order valence-electron chi connectivity index (χ2n) is 5.28. The molecular weight excluding hydrogens is 355 g/mol. The number of anilines is 1. The van der Waals surface area contributed by atoms with Crippen molar-refractivity contribution in [2.75, 3.05) is 18.4 Å². The van der Waals surface area contributed by atoms with Crippen LogP contribution < -0.4 is 5.32 Å². The molecule has 0 aliphatic carbocycles. The van der Waals surface area contributed by atoms with Gasteiger partial charge in [0.1, 0.15) is 5.25 Å². The Morgan fingerprint density at radius 1 is 1.36 bits per heavy atom. The van der Waals surface area contributed by atoms with Crippen molar-refractivity contribution in [1.29, 1.82) is 0 Å². The normalized spacial score (nSPS) is 19.6. The molecule has 9 heteroatoms. The zero-order chi connectivity index (χ0) is 18.6. The molecule has 1 atom stereocenters. The van der Waals surface area contributed by atoms with E-state index in [2.05, 4.69) is 10.3 Å². The Balaban J connectivity index is 2.04. The first-order valence-electron chi connectivity index (χ1n) is 7.75. The number of alkyl halides is 3. The summed E-state index contributed by atoms with van der Waals surface area (Å²) in [5.74, 6) is -0.724. The van der Waals surface area contributed by atoms with E-state index in [0.717, 1.165) is 12.1 Å². The van der Waals surface area contributed by atoms with Gasteiger partial charge in [0.2, 0.25) is 11.8 Å². The number of aliphatic imine (C=N–C) groups is 1. The zero-order valence-corrected chi connectivity index (χ0v) is 14.6. The number of amides is 2. The van der Waals surface area contributed by atoms with Crippen molar-refractivity contribution in [2.45, 2.75) is 31.7 Å². The first-order valence-corrected chi connectivity index (χ1v) is 8.63. The summed E-state index contributed by atoms with van der Waals surface area (Å²) >= 11 is 1.21. The van der Waals surface area contributed by atoms with Crippen LogP contribution >= 0.6 is 11.8 Å². The number of hydrogen-bond acceptors (Lipinski definition) is 4. The van der Waals surface area contributed by atoms with Crippen LogP contribution in [0.25, 0.3) is 0 Å². The molecule has 1 aliphatic heterocycles. The summed E-state index contributed by atoms with van der Waals surface area (Å²) in [5, 5.41) is 2.38. The lowest BCUT2D eigenvalue weighted by molar-refractivity contribution is -0.137. The van der Waals surface area contributed by atoms with Crippen molar-refractivity contribution in [3.63, 3.8) is 0 Å². The molecule has 2 amide bonds. The van der Waals surface area contributed by atoms with E-state index < -0.39 is 22.9 Å². The first kappa shape index (κ1) is 19.3. The second kappa shape index (κ2) is 7.90. The van der Waals surface area contributed by atoms with Crippen LogP contribution in [0.15, 0.2) is 29.3 Å². The number of thioether (sulfide) groups is 1. The van der Waals surface area contributed by atoms with E-state index in [1.165, 1.54) is 28.8 Å². The molecule has 136 valence electrons. The molecule has 1 unspecified atom stereocenters. The third-order valence-electron chi connectivity index (χ3n) is 3.47. The number of benzene rings is 1. The average molecular weight is 373 g/mol. The SMILES string of the molecule is CCN=C1SC(CC(=O)Nc2cccc(C(F)(F)F)c2)C(=O)N1CC. The molecule has 1 N–H and O–H groups in total. The third kappa shape index (κ3) is 4.75. The van der Waals surface area contributed by atoms with Crippen molar-refractivity contribution in [2.24, 2.45) is 4.99 Å². The predicted molar refractivity (Wildman–Crippen MR) is 91.4 cm³/mol. The van der Waals surface area contributed by atoms with E-state index in [0.29, 0.717) is 18.3 Å². The minimum absolute atomic E-state index is 0.0464. The molecule has 2 rings (SSSR count). The van der Waals surface area contributed by atoms with Gasteiger partial charge in [-0.3, -0.25) is 19.5 Å². The fraction of sp³-hybridized carbons (Fsp3) is 0.438. The molecule has 0 bridgehead atoms. The van der Waals surface area contributed by atoms with Crippen molar-refractivity contribution in [3.05, 3.63) is 29.8 Å². The molecule has 25 heavy (non-hydrogen) atoms. The highest BCUT2D eigenvalue weighted by Crippen LogP contribution is 2.32.